The Morgan fingerprint density at radius 2 is 1.90 bits per heavy atom. The van der Waals surface area contributed by atoms with Crippen molar-refractivity contribution in [2.45, 2.75) is 18.1 Å². The molecule has 3 aromatic rings. The van der Waals surface area contributed by atoms with Crippen molar-refractivity contribution < 1.29 is 19.0 Å². The van der Waals surface area contributed by atoms with E-state index in [9.17, 15) is 4.79 Å². The number of amides is 1. The van der Waals surface area contributed by atoms with Gasteiger partial charge in [0.25, 0.3) is 0 Å². The average Bonchev–Trinajstić information content (AvgIpc) is 3.25. The predicted octanol–water partition coefficient (Wildman–Crippen LogP) is 1.95. The second-order valence-electron chi connectivity index (χ2n) is 6.83. The molecular weight excluding hydrogens is 418 g/mol. The molecule has 0 saturated heterocycles. The van der Waals surface area contributed by atoms with E-state index in [4.69, 9.17) is 14.2 Å². The molecule has 2 aromatic carbocycles. The van der Waals surface area contributed by atoms with Crippen LogP contribution in [0.2, 0.25) is 0 Å². The second kappa shape index (κ2) is 10.2. The third kappa shape index (κ3) is 5.66. The Kier molecular flexibility index (Phi) is 6.88. The molecule has 0 fully saturated rings. The Labute approximate surface area is 184 Å². The first-order valence-electron chi connectivity index (χ1n) is 9.88. The zero-order valence-electron chi connectivity index (χ0n) is 17.1. The smallest absolute Gasteiger partial charge is 0.230 e. The van der Waals surface area contributed by atoms with E-state index in [1.165, 1.54) is 11.8 Å². The normalized spacial score (nSPS) is 12.4. The van der Waals surface area contributed by atoms with Gasteiger partial charge in [-0.1, -0.05) is 30.0 Å². The number of benzene rings is 2. The molecule has 10 heteroatoms. The molecule has 0 spiro atoms. The summed E-state index contributed by atoms with van der Waals surface area (Å²) in [6.07, 6.45) is 0.711. The van der Waals surface area contributed by atoms with Crippen LogP contribution in [-0.2, 0) is 17.8 Å². The molecular formula is C21H23N5O4S. The van der Waals surface area contributed by atoms with Crippen molar-refractivity contribution >= 4 is 17.7 Å². The molecule has 0 saturated carbocycles. The maximum Gasteiger partial charge on any atom is 0.230 e. The summed E-state index contributed by atoms with van der Waals surface area (Å²) < 4.78 is 18.0. The number of carbonyl (C=O) groups is 1. The lowest BCUT2D eigenvalue weighted by Crippen LogP contribution is -2.27. The van der Waals surface area contributed by atoms with Crippen molar-refractivity contribution in [2.75, 3.05) is 32.6 Å². The summed E-state index contributed by atoms with van der Waals surface area (Å²) in [5.74, 6) is 2.49. The van der Waals surface area contributed by atoms with E-state index in [0.717, 1.165) is 28.4 Å². The van der Waals surface area contributed by atoms with Crippen LogP contribution in [0.1, 0.15) is 11.1 Å². The number of ether oxygens (including phenoxy) is 3. The van der Waals surface area contributed by atoms with Crippen molar-refractivity contribution in [3.05, 3.63) is 53.6 Å². The Balaban J connectivity index is 1.22. The highest BCUT2D eigenvalue weighted by atomic mass is 32.2. The number of nitrogens with one attached hydrogen (secondary N) is 1. The molecule has 4 rings (SSSR count). The molecule has 0 atom stereocenters. The van der Waals surface area contributed by atoms with Gasteiger partial charge in [0, 0.05) is 6.54 Å². The zero-order valence-corrected chi connectivity index (χ0v) is 17.9. The lowest BCUT2D eigenvalue weighted by molar-refractivity contribution is -0.118. The first kappa shape index (κ1) is 21.0. The minimum atomic E-state index is -0.0680. The number of aromatic nitrogens is 4. The molecule has 9 nitrogen and oxygen atoms in total. The van der Waals surface area contributed by atoms with Gasteiger partial charge < -0.3 is 19.5 Å². The van der Waals surface area contributed by atoms with Gasteiger partial charge >= 0.3 is 0 Å². The molecule has 0 unspecified atom stereocenters. The topological polar surface area (TPSA) is 100 Å². The van der Waals surface area contributed by atoms with Crippen LogP contribution in [-0.4, -0.2) is 58.7 Å². The van der Waals surface area contributed by atoms with Crippen molar-refractivity contribution in [3.63, 3.8) is 0 Å². The van der Waals surface area contributed by atoms with Gasteiger partial charge in [-0.05, 0) is 52.2 Å². The molecule has 2 heterocycles. The van der Waals surface area contributed by atoms with Crippen molar-refractivity contribution in [1.29, 1.82) is 0 Å². The fourth-order valence-electron chi connectivity index (χ4n) is 3.07. The Hall–Kier alpha value is -3.27. The highest BCUT2D eigenvalue weighted by Crippen LogP contribution is 2.30. The first-order chi connectivity index (χ1) is 15.2. The summed E-state index contributed by atoms with van der Waals surface area (Å²) >= 11 is 1.31. The average molecular weight is 442 g/mol. The number of carbonyl (C=O) groups excluding carboxylic acids is 1. The summed E-state index contributed by atoms with van der Waals surface area (Å²) in [6, 6.07) is 13.6. The molecule has 1 N–H and O–H groups in total. The maximum absolute atomic E-state index is 12.2. The van der Waals surface area contributed by atoms with E-state index in [-0.39, 0.29) is 11.7 Å². The number of nitrogens with zero attached hydrogens (tertiary/aromatic N) is 4. The van der Waals surface area contributed by atoms with Gasteiger partial charge in [-0.2, -0.15) is 0 Å². The molecule has 162 valence electrons. The minimum Gasteiger partial charge on any atom is -0.497 e. The van der Waals surface area contributed by atoms with E-state index in [2.05, 4.69) is 20.8 Å². The summed E-state index contributed by atoms with van der Waals surface area (Å²) in [7, 11) is 1.63. The lowest BCUT2D eigenvalue weighted by Gasteiger charge is -2.18. The first-order valence-corrected chi connectivity index (χ1v) is 10.9. The van der Waals surface area contributed by atoms with Crippen LogP contribution in [0.3, 0.4) is 0 Å². The summed E-state index contributed by atoms with van der Waals surface area (Å²) in [5.41, 5.74) is 2.12. The maximum atomic E-state index is 12.2. The van der Waals surface area contributed by atoms with Crippen LogP contribution < -0.4 is 19.5 Å². The monoisotopic (exact) mass is 441 g/mol. The number of rotatable bonds is 9. The van der Waals surface area contributed by atoms with E-state index in [1.807, 2.05) is 42.5 Å². The van der Waals surface area contributed by atoms with Crippen LogP contribution in [0.15, 0.2) is 47.6 Å². The standard InChI is InChI=1S/C21H23N5O4S/c1-28-17-5-2-16(3-6-17)13-26-21(23-24-25-26)31-14-20(27)22-9-8-15-4-7-18-19(12-15)30-11-10-29-18/h2-7,12H,8-11,13-14H2,1H3,(H,22,27). The van der Waals surface area contributed by atoms with Gasteiger partial charge in [-0.25, -0.2) is 4.68 Å². The predicted molar refractivity (Wildman–Crippen MR) is 115 cm³/mol. The van der Waals surface area contributed by atoms with Crippen LogP contribution in [0, 0.1) is 0 Å². The minimum absolute atomic E-state index is 0.0680. The molecule has 31 heavy (non-hydrogen) atoms. The largest absolute Gasteiger partial charge is 0.497 e. The van der Waals surface area contributed by atoms with Gasteiger partial charge in [0.15, 0.2) is 11.5 Å². The number of methoxy groups -OCH3 is 1. The van der Waals surface area contributed by atoms with Crippen molar-refractivity contribution in [3.8, 4) is 17.2 Å². The number of hydrogen-bond donors (Lipinski definition) is 1. The highest BCUT2D eigenvalue weighted by Gasteiger charge is 2.13. The van der Waals surface area contributed by atoms with Crippen LogP contribution in [0.25, 0.3) is 0 Å². The number of hydrogen-bond acceptors (Lipinski definition) is 8. The zero-order chi connectivity index (χ0) is 21.5. The van der Waals surface area contributed by atoms with Gasteiger partial charge in [-0.3, -0.25) is 4.79 Å². The van der Waals surface area contributed by atoms with Gasteiger partial charge in [0.05, 0.1) is 19.4 Å². The Bertz CT molecular complexity index is 1020. The SMILES string of the molecule is COc1ccc(Cn2nnnc2SCC(=O)NCCc2ccc3c(c2)OCCO3)cc1. The molecule has 0 bridgehead atoms. The van der Waals surface area contributed by atoms with Gasteiger partial charge in [-0.15, -0.1) is 5.10 Å². The highest BCUT2D eigenvalue weighted by molar-refractivity contribution is 7.99. The fraction of sp³-hybridized carbons (Fsp3) is 0.333. The van der Waals surface area contributed by atoms with Crippen LogP contribution in [0.5, 0.6) is 17.2 Å². The van der Waals surface area contributed by atoms with E-state index in [1.54, 1.807) is 11.8 Å². The number of tetrazole rings is 1. The third-order valence-electron chi connectivity index (χ3n) is 4.67. The fourth-order valence-corrected chi connectivity index (χ4v) is 3.78. The third-order valence-corrected chi connectivity index (χ3v) is 5.62. The van der Waals surface area contributed by atoms with Crippen molar-refractivity contribution in [2.24, 2.45) is 0 Å². The Morgan fingerprint density at radius 3 is 2.71 bits per heavy atom. The molecule has 1 amide bonds. The van der Waals surface area contributed by atoms with E-state index >= 15 is 0 Å². The van der Waals surface area contributed by atoms with Crippen molar-refractivity contribution in [1.82, 2.24) is 25.5 Å². The summed E-state index contributed by atoms with van der Waals surface area (Å²) in [6.45, 7) is 2.19. The molecule has 0 aliphatic carbocycles. The van der Waals surface area contributed by atoms with Crippen LogP contribution >= 0.6 is 11.8 Å². The Morgan fingerprint density at radius 1 is 1.13 bits per heavy atom. The number of thioether (sulfide) groups is 1. The van der Waals surface area contributed by atoms with Crippen LogP contribution in [0.4, 0.5) is 0 Å². The number of fused-ring (bicyclic) bond motifs is 1. The molecule has 1 aliphatic heterocycles. The summed E-state index contributed by atoms with van der Waals surface area (Å²) in [4.78, 5) is 12.2. The van der Waals surface area contributed by atoms with Gasteiger partial charge in [0.1, 0.15) is 19.0 Å². The molecule has 0 radical (unpaired) electrons. The lowest BCUT2D eigenvalue weighted by atomic mass is 10.1. The van der Waals surface area contributed by atoms with E-state index in [0.29, 0.717) is 37.9 Å². The second-order valence-corrected chi connectivity index (χ2v) is 7.78. The quantitative estimate of drug-likeness (QED) is 0.503. The molecule has 1 aromatic heterocycles. The molecule has 1 aliphatic rings. The van der Waals surface area contributed by atoms with Gasteiger partial charge in [0.2, 0.25) is 11.1 Å². The van der Waals surface area contributed by atoms with E-state index < -0.39 is 0 Å². The summed E-state index contributed by atoms with van der Waals surface area (Å²) in [5, 5.41) is 15.3.